The van der Waals surface area contributed by atoms with E-state index in [1.54, 1.807) is 0 Å². The molecule has 30 heavy (non-hydrogen) atoms. The number of nitrogens with two attached hydrogens (primary N) is 1. The van der Waals surface area contributed by atoms with Crippen molar-refractivity contribution >= 4 is 22.8 Å². The van der Waals surface area contributed by atoms with Gasteiger partial charge in [0.25, 0.3) is 0 Å². The molecular formula is C23H29N5O2. The van der Waals surface area contributed by atoms with Crippen LogP contribution in [0.1, 0.15) is 35.0 Å². The molecule has 0 saturated heterocycles. The van der Waals surface area contributed by atoms with Gasteiger partial charge in [-0.3, -0.25) is 4.79 Å². The fraction of sp³-hybridized carbons (Fsp3) is 0.435. The van der Waals surface area contributed by atoms with Crippen LogP contribution in [-0.4, -0.2) is 40.2 Å². The van der Waals surface area contributed by atoms with Crippen LogP contribution in [-0.2, 0) is 16.1 Å². The second-order valence-electron chi connectivity index (χ2n) is 7.98. The van der Waals surface area contributed by atoms with E-state index in [4.69, 9.17) is 10.5 Å². The summed E-state index contributed by atoms with van der Waals surface area (Å²) in [5.41, 5.74) is 11.1. The minimum Gasteiger partial charge on any atom is -0.382 e. The van der Waals surface area contributed by atoms with Gasteiger partial charge >= 0.3 is 0 Å². The number of pyridine rings is 1. The predicted octanol–water partition coefficient (Wildman–Crippen LogP) is 2.88. The lowest BCUT2D eigenvalue weighted by Gasteiger charge is -2.11. The highest BCUT2D eigenvalue weighted by molar-refractivity contribution is 5.88. The molecule has 1 fully saturated rings. The molecule has 1 aliphatic rings. The fourth-order valence-corrected chi connectivity index (χ4v) is 4.07. The summed E-state index contributed by atoms with van der Waals surface area (Å²) in [6.07, 6.45) is 0.931. The standard InChI is InChI=1S/C23H29N5O2/c1-14-15(2)26-22(24)20-21(14)28(16(3)27-20)10-12-30-11-9-25-23(29)19-13-18(19)17-7-5-4-6-8-17/h4-8,18-19H,9-13H2,1-3H3,(H2,24,26)(H,25,29). The molecule has 3 N–H and O–H groups in total. The van der Waals surface area contributed by atoms with E-state index in [2.05, 4.69) is 32.0 Å². The summed E-state index contributed by atoms with van der Waals surface area (Å²) in [6.45, 7) is 8.19. The highest BCUT2D eigenvalue weighted by atomic mass is 16.5. The molecule has 7 nitrogen and oxygen atoms in total. The maximum Gasteiger partial charge on any atom is 0.223 e. The van der Waals surface area contributed by atoms with E-state index in [0.717, 1.165) is 34.5 Å². The number of imidazole rings is 1. The number of rotatable bonds is 8. The minimum atomic E-state index is 0.0950. The number of nitrogen functional groups attached to an aromatic ring is 1. The molecule has 0 radical (unpaired) electrons. The van der Waals surface area contributed by atoms with Crippen LogP contribution < -0.4 is 11.1 Å². The first kappa shape index (κ1) is 20.3. The number of carbonyl (C=O) groups excluding carboxylic acids is 1. The van der Waals surface area contributed by atoms with Crippen molar-refractivity contribution in [1.29, 1.82) is 0 Å². The maximum absolute atomic E-state index is 12.3. The summed E-state index contributed by atoms with van der Waals surface area (Å²) in [4.78, 5) is 21.2. The average molecular weight is 408 g/mol. The fourth-order valence-electron chi connectivity index (χ4n) is 4.07. The molecule has 3 aromatic rings. The number of hydrogen-bond acceptors (Lipinski definition) is 5. The van der Waals surface area contributed by atoms with E-state index in [0.29, 0.717) is 38.0 Å². The first-order valence-corrected chi connectivity index (χ1v) is 10.5. The van der Waals surface area contributed by atoms with Gasteiger partial charge in [-0.15, -0.1) is 0 Å². The summed E-state index contributed by atoms with van der Waals surface area (Å²) in [6, 6.07) is 10.2. The Hall–Kier alpha value is -2.93. The van der Waals surface area contributed by atoms with Crippen molar-refractivity contribution in [2.24, 2.45) is 5.92 Å². The van der Waals surface area contributed by atoms with Crippen molar-refractivity contribution in [3.63, 3.8) is 0 Å². The monoisotopic (exact) mass is 407 g/mol. The number of aromatic nitrogens is 3. The van der Waals surface area contributed by atoms with Gasteiger partial charge in [0.1, 0.15) is 11.3 Å². The summed E-state index contributed by atoms with van der Waals surface area (Å²) in [7, 11) is 0. The Bertz CT molecular complexity index is 1060. The molecule has 2 atom stereocenters. The number of aryl methyl sites for hydroxylation is 3. The molecule has 0 aliphatic heterocycles. The van der Waals surface area contributed by atoms with E-state index >= 15 is 0 Å². The van der Waals surface area contributed by atoms with Crippen LogP contribution in [0.4, 0.5) is 5.82 Å². The lowest BCUT2D eigenvalue weighted by atomic mass is 10.1. The molecule has 1 amide bonds. The molecule has 1 aromatic carbocycles. The number of nitrogens with zero attached hydrogens (tertiary/aromatic N) is 3. The van der Waals surface area contributed by atoms with Crippen LogP contribution >= 0.6 is 0 Å². The van der Waals surface area contributed by atoms with E-state index in [9.17, 15) is 4.79 Å². The topological polar surface area (TPSA) is 95.1 Å². The van der Waals surface area contributed by atoms with Gasteiger partial charge < -0.3 is 20.4 Å². The number of amides is 1. The van der Waals surface area contributed by atoms with Gasteiger partial charge in [-0.05, 0) is 44.2 Å². The summed E-state index contributed by atoms with van der Waals surface area (Å²) in [5, 5.41) is 3.00. The van der Waals surface area contributed by atoms with Gasteiger partial charge in [0, 0.05) is 24.7 Å². The van der Waals surface area contributed by atoms with E-state index in [1.165, 1.54) is 5.56 Å². The Morgan fingerprint density at radius 2 is 1.97 bits per heavy atom. The van der Waals surface area contributed by atoms with Crippen LogP contribution in [0.5, 0.6) is 0 Å². The van der Waals surface area contributed by atoms with Crippen LogP contribution in [0.25, 0.3) is 11.0 Å². The third-order valence-electron chi connectivity index (χ3n) is 5.95. The maximum atomic E-state index is 12.3. The molecule has 2 unspecified atom stereocenters. The lowest BCUT2D eigenvalue weighted by molar-refractivity contribution is -0.122. The van der Waals surface area contributed by atoms with Crippen molar-refractivity contribution < 1.29 is 9.53 Å². The molecule has 1 aliphatic carbocycles. The number of hydrogen-bond donors (Lipinski definition) is 2. The average Bonchev–Trinajstić information content (AvgIpc) is 3.47. The quantitative estimate of drug-likeness (QED) is 0.560. The zero-order valence-corrected chi connectivity index (χ0v) is 17.8. The van der Waals surface area contributed by atoms with Gasteiger partial charge in [-0.25, -0.2) is 9.97 Å². The van der Waals surface area contributed by atoms with Crippen molar-refractivity contribution in [3.8, 4) is 0 Å². The first-order chi connectivity index (χ1) is 14.5. The third kappa shape index (κ3) is 4.03. The highest BCUT2D eigenvalue weighted by Crippen LogP contribution is 2.47. The molecular weight excluding hydrogens is 378 g/mol. The van der Waals surface area contributed by atoms with Crippen molar-refractivity contribution in [1.82, 2.24) is 19.9 Å². The van der Waals surface area contributed by atoms with Crippen LogP contribution in [0.15, 0.2) is 30.3 Å². The van der Waals surface area contributed by atoms with Crippen molar-refractivity contribution in [2.45, 2.75) is 39.7 Å². The number of anilines is 1. The number of fused-ring (bicyclic) bond motifs is 1. The van der Waals surface area contributed by atoms with E-state index in [1.807, 2.05) is 39.0 Å². The third-order valence-corrected chi connectivity index (χ3v) is 5.95. The minimum absolute atomic E-state index is 0.0950. The zero-order chi connectivity index (χ0) is 21.3. The summed E-state index contributed by atoms with van der Waals surface area (Å²) in [5.74, 6) is 1.94. The second kappa shape index (κ2) is 8.44. The molecule has 1 saturated carbocycles. The van der Waals surface area contributed by atoms with Crippen molar-refractivity contribution in [2.75, 3.05) is 25.5 Å². The molecule has 0 spiro atoms. The largest absolute Gasteiger partial charge is 0.382 e. The highest BCUT2D eigenvalue weighted by Gasteiger charge is 2.43. The molecule has 2 heterocycles. The second-order valence-corrected chi connectivity index (χ2v) is 7.98. The number of nitrogens with one attached hydrogen (secondary N) is 1. The normalized spacial score (nSPS) is 18.0. The van der Waals surface area contributed by atoms with Crippen molar-refractivity contribution in [3.05, 3.63) is 53.0 Å². The Morgan fingerprint density at radius 1 is 1.20 bits per heavy atom. The van der Waals surface area contributed by atoms with E-state index < -0.39 is 0 Å². The van der Waals surface area contributed by atoms with Gasteiger partial charge in [0.15, 0.2) is 5.82 Å². The zero-order valence-electron chi connectivity index (χ0n) is 17.8. The predicted molar refractivity (Wildman–Crippen MR) is 117 cm³/mol. The molecule has 4 rings (SSSR count). The molecule has 2 aromatic heterocycles. The first-order valence-electron chi connectivity index (χ1n) is 10.5. The van der Waals surface area contributed by atoms with Gasteiger partial charge in [-0.2, -0.15) is 0 Å². The summed E-state index contributed by atoms with van der Waals surface area (Å²) < 4.78 is 7.89. The number of ether oxygens (including phenoxy) is 1. The van der Waals surface area contributed by atoms with E-state index in [-0.39, 0.29) is 11.8 Å². The lowest BCUT2D eigenvalue weighted by Crippen LogP contribution is -2.29. The number of benzene rings is 1. The van der Waals surface area contributed by atoms with Crippen LogP contribution in [0, 0.1) is 26.7 Å². The van der Waals surface area contributed by atoms with Gasteiger partial charge in [-0.1, -0.05) is 30.3 Å². The molecule has 7 heteroatoms. The molecule has 158 valence electrons. The smallest absolute Gasteiger partial charge is 0.223 e. The van der Waals surface area contributed by atoms with Gasteiger partial charge in [0.05, 0.1) is 18.7 Å². The van der Waals surface area contributed by atoms with Crippen LogP contribution in [0.2, 0.25) is 0 Å². The number of carbonyl (C=O) groups is 1. The summed E-state index contributed by atoms with van der Waals surface area (Å²) >= 11 is 0. The SMILES string of the molecule is Cc1nc(N)c2nc(C)n(CCOCCNC(=O)C3CC3c3ccccc3)c2c1C. The Balaban J connectivity index is 1.23. The Kier molecular flexibility index (Phi) is 5.72. The molecule has 0 bridgehead atoms. The van der Waals surface area contributed by atoms with Crippen LogP contribution in [0.3, 0.4) is 0 Å². The Morgan fingerprint density at radius 3 is 2.73 bits per heavy atom. The van der Waals surface area contributed by atoms with Gasteiger partial charge in [0.2, 0.25) is 5.91 Å². The Labute approximate surface area is 176 Å².